The van der Waals surface area contributed by atoms with Crippen molar-refractivity contribution in [2.75, 3.05) is 36.8 Å². The van der Waals surface area contributed by atoms with Crippen LogP contribution in [-0.4, -0.2) is 41.3 Å². The number of piperazine rings is 1. The fraction of sp³-hybridized carbons (Fsp3) is 0.429. The molecule has 160 valence electrons. The van der Waals surface area contributed by atoms with E-state index in [1.54, 1.807) is 0 Å². The highest BCUT2D eigenvalue weighted by Gasteiger charge is 2.41. The predicted molar refractivity (Wildman–Crippen MR) is 118 cm³/mol. The van der Waals surface area contributed by atoms with Crippen LogP contribution in [0.25, 0.3) is 11.4 Å². The van der Waals surface area contributed by atoms with Gasteiger partial charge in [-0.05, 0) is 31.7 Å². The zero-order valence-electron chi connectivity index (χ0n) is 17.2. The third-order valence-corrected chi connectivity index (χ3v) is 7.33. The molecule has 4 heterocycles. The summed E-state index contributed by atoms with van der Waals surface area (Å²) >= 11 is 1.49. The summed E-state index contributed by atoms with van der Waals surface area (Å²) in [4.78, 5) is 22.4. The van der Waals surface area contributed by atoms with Crippen LogP contribution >= 0.6 is 11.3 Å². The number of nitrogens with two attached hydrogens (primary N) is 1. The van der Waals surface area contributed by atoms with Crippen LogP contribution in [0.3, 0.4) is 0 Å². The van der Waals surface area contributed by atoms with Crippen molar-refractivity contribution < 1.29 is 4.52 Å². The molecule has 1 aliphatic heterocycles. The van der Waals surface area contributed by atoms with Gasteiger partial charge in [-0.1, -0.05) is 5.16 Å². The topological polar surface area (TPSA) is 137 Å². The fourth-order valence-electron chi connectivity index (χ4n) is 4.64. The Hall–Kier alpha value is -3.16. The fourth-order valence-corrected chi connectivity index (χ4v) is 5.83. The molecule has 3 aromatic rings. The molecular formula is C21H23N7O2S. The molecule has 2 aliphatic rings. The van der Waals surface area contributed by atoms with Gasteiger partial charge in [-0.3, -0.25) is 0 Å². The van der Waals surface area contributed by atoms with Crippen molar-refractivity contribution in [1.82, 2.24) is 20.4 Å². The predicted octanol–water partition coefficient (Wildman–Crippen LogP) is 1.99. The van der Waals surface area contributed by atoms with Gasteiger partial charge in [0.15, 0.2) is 0 Å². The van der Waals surface area contributed by atoms with Crippen LogP contribution in [0.4, 0.5) is 10.8 Å². The molecule has 1 aliphatic carbocycles. The molecule has 5 rings (SSSR count). The highest BCUT2D eigenvalue weighted by molar-refractivity contribution is 7.16. The molecule has 0 radical (unpaired) electrons. The van der Waals surface area contributed by atoms with Crippen molar-refractivity contribution in [1.29, 1.82) is 5.26 Å². The van der Waals surface area contributed by atoms with Crippen LogP contribution < -0.4 is 21.6 Å². The van der Waals surface area contributed by atoms with Crippen molar-refractivity contribution in [3.8, 4) is 17.5 Å². The van der Waals surface area contributed by atoms with Crippen LogP contribution in [-0.2, 0) is 11.8 Å². The van der Waals surface area contributed by atoms with E-state index in [0.717, 1.165) is 55.9 Å². The van der Waals surface area contributed by atoms with E-state index in [0.29, 0.717) is 33.5 Å². The summed E-state index contributed by atoms with van der Waals surface area (Å²) in [6.07, 6.45) is 2.72. The van der Waals surface area contributed by atoms with Gasteiger partial charge in [0, 0.05) is 43.2 Å². The van der Waals surface area contributed by atoms with Crippen LogP contribution in [0.1, 0.15) is 41.5 Å². The summed E-state index contributed by atoms with van der Waals surface area (Å²) in [5.41, 5.74) is 7.82. The standard InChI is InChI=1S/C21H23N7O2S/c1-21(4-2-3-15-18(21)12(11-22)19(23)31-15)16-9-14(27-30-16)13-10-17(26-20(29)25-13)28-7-5-24-6-8-28/h9-10,24H,2-8,23H2,1H3,(H,25,26,29). The molecule has 1 saturated heterocycles. The first-order chi connectivity index (χ1) is 15.0. The minimum Gasteiger partial charge on any atom is -0.389 e. The minimum atomic E-state index is -0.493. The molecule has 31 heavy (non-hydrogen) atoms. The summed E-state index contributed by atoms with van der Waals surface area (Å²) in [6, 6.07) is 5.97. The lowest BCUT2D eigenvalue weighted by Crippen LogP contribution is -2.44. The van der Waals surface area contributed by atoms with Crippen molar-refractivity contribution >= 4 is 22.2 Å². The van der Waals surface area contributed by atoms with Crippen LogP contribution in [0, 0.1) is 11.3 Å². The van der Waals surface area contributed by atoms with Crippen molar-refractivity contribution in [2.24, 2.45) is 0 Å². The Kier molecular flexibility index (Phi) is 4.79. The van der Waals surface area contributed by atoms with E-state index in [2.05, 4.69) is 38.3 Å². The average Bonchev–Trinajstić information content (AvgIpc) is 3.39. The second-order valence-corrected chi connectivity index (χ2v) is 9.35. The molecule has 1 unspecified atom stereocenters. The largest absolute Gasteiger partial charge is 0.389 e. The molecule has 10 heteroatoms. The number of fused-ring (bicyclic) bond motifs is 1. The Balaban J connectivity index is 1.54. The third kappa shape index (κ3) is 3.30. The van der Waals surface area contributed by atoms with Gasteiger partial charge >= 0.3 is 5.69 Å². The smallest absolute Gasteiger partial charge is 0.347 e. The highest BCUT2D eigenvalue weighted by Crippen LogP contribution is 2.49. The number of anilines is 2. The quantitative estimate of drug-likeness (QED) is 0.566. The zero-order chi connectivity index (χ0) is 21.6. The number of aromatic amines is 1. The van der Waals surface area contributed by atoms with Gasteiger partial charge in [-0.15, -0.1) is 11.3 Å². The molecule has 9 nitrogen and oxygen atoms in total. The Labute approximate surface area is 182 Å². The molecule has 0 spiro atoms. The molecule has 0 amide bonds. The number of aromatic nitrogens is 3. The lowest BCUT2D eigenvalue weighted by molar-refractivity contribution is 0.310. The number of nitrogens with one attached hydrogen (secondary N) is 2. The molecule has 0 saturated carbocycles. The van der Waals surface area contributed by atoms with E-state index >= 15 is 0 Å². The molecule has 1 atom stereocenters. The van der Waals surface area contributed by atoms with Gasteiger partial charge in [0.1, 0.15) is 28.3 Å². The second-order valence-electron chi connectivity index (χ2n) is 8.21. The summed E-state index contributed by atoms with van der Waals surface area (Å²) < 4.78 is 5.79. The number of hydrogen-bond acceptors (Lipinski definition) is 9. The van der Waals surface area contributed by atoms with Crippen LogP contribution in [0.5, 0.6) is 0 Å². The maximum Gasteiger partial charge on any atom is 0.347 e. The van der Waals surface area contributed by atoms with Crippen molar-refractivity contribution in [3.63, 3.8) is 0 Å². The summed E-state index contributed by atoms with van der Waals surface area (Å²) in [5.74, 6) is 1.30. The van der Waals surface area contributed by atoms with Crippen molar-refractivity contribution in [3.05, 3.63) is 44.4 Å². The number of nitrogens with zero attached hydrogens (tertiary/aromatic N) is 4. The Morgan fingerprint density at radius 1 is 1.35 bits per heavy atom. The van der Waals surface area contributed by atoms with Crippen LogP contribution in [0.2, 0.25) is 0 Å². The van der Waals surface area contributed by atoms with E-state index in [1.807, 2.05) is 12.1 Å². The molecule has 1 fully saturated rings. The van der Waals surface area contributed by atoms with Gasteiger partial charge in [0.05, 0.1) is 16.7 Å². The number of H-pyrrole nitrogens is 1. The normalized spacial score (nSPS) is 21.0. The molecule has 0 aromatic carbocycles. The van der Waals surface area contributed by atoms with Gasteiger partial charge < -0.3 is 25.5 Å². The number of hydrogen-bond donors (Lipinski definition) is 3. The molecule has 3 aromatic heterocycles. The average molecular weight is 438 g/mol. The van der Waals surface area contributed by atoms with E-state index < -0.39 is 11.1 Å². The second kappa shape index (κ2) is 7.51. The Bertz CT molecular complexity index is 1230. The number of nitriles is 1. The maximum atomic E-state index is 12.2. The van der Waals surface area contributed by atoms with E-state index in [1.165, 1.54) is 11.3 Å². The zero-order valence-corrected chi connectivity index (χ0v) is 18.0. The summed E-state index contributed by atoms with van der Waals surface area (Å²) in [7, 11) is 0. The lowest BCUT2D eigenvalue weighted by Gasteiger charge is -2.31. The number of nitrogen functional groups attached to an aromatic ring is 1. The Morgan fingerprint density at radius 2 is 2.16 bits per heavy atom. The van der Waals surface area contributed by atoms with E-state index in [-0.39, 0.29) is 0 Å². The highest BCUT2D eigenvalue weighted by atomic mass is 32.1. The maximum absolute atomic E-state index is 12.2. The number of rotatable bonds is 3. The molecular weight excluding hydrogens is 414 g/mol. The summed E-state index contributed by atoms with van der Waals surface area (Å²) in [6.45, 7) is 5.35. The Morgan fingerprint density at radius 3 is 2.94 bits per heavy atom. The van der Waals surface area contributed by atoms with Crippen LogP contribution in [0.15, 0.2) is 21.5 Å². The third-order valence-electron chi connectivity index (χ3n) is 6.25. The molecule has 0 bridgehead atoms. The van der Waals surface area contributed by atoms with Crippen molar-refractivity contribution in [2.45, 2.75) is 31.6 Å². The minimum absolute atomic E-state index is 0.417. The summed E-state index contributed by atoms with van der Waals surface area (Å²) in [5, 5.41) is 17.8. The molecule has 4 N–H and O–H groups in total. The van der Waals surface area contributed by atoms with E-state index in [4.69, 9.17) is 10.3 Å². The number of aryl methyl sites for hydroxylation is 1. The van der Waals surface area contributed by atoms with Gasteiger partial charge in [-0.2, -0.15) is 10.2 Å². The van der Waals surface area contributed by atoms with Gasteiger partial charge in [0.2, 0.25) is 0 Å². The first-order valence-corrected chi connectivity index (χ1v) is 11.2. The lowest BCUT2D eigenvalue weighted by atomic mass is 9.71. The first kappa shape index (κ1) is 19.8. The van der Waals surface area contributed by atoms with E-state index in [9.17, 15) is 10.1 Å². The van der Waals surface area contributed by atoms with Gasteiger partial charge in [0.25, 0.3) is 0 Å². The SMILES string of the molecule is CC1(c2cc(-c3cc(N4CCNCC4)nc(=O)[nH]3)no2)CCCc2sc(N)c(C#N)c21. The number of thiophene rings is 1. The van der Waals surface area contributed by atoms with Gasteiger partial charge in [-0.25, -0.2) is 4.79 Å². The first-order valence-electron chi connectivity index (χ1n) is 10.4. The monoisotopic (exact) mass is 437 g/mol.